The van der Waals surface area contributed by atoms with Gasteiger partial charge in [-0.25, -0.2) is 0 Å². The third kappa shape index (κ3) is 3.05. The number of ether oxygens (including phenoxy) is 1. The second kappa shape index (κ2) is 6.06. The van der Waals surface area contributed by atoms with E-state index in [0.29, 0.717) is 12.1 Å². The molecular formula is C17H24N2O2. The first kappa shape index (κ1) is 14.4. The average molecular weight is 288 g/mol. The Morgan fingerprint density at radius 1 is 1.48 bits per heavy atom. The molecule has 21 heavy (non-hydrogen) atoms. The van der Waals surface area contributed by atoms with Gasteiger partial charge in [0.05, 0.1) is 6.10 Å². The summed E-state index contributed by atoms with van der Waals surface area (Å²) in [5.74, 6) is 0.129. The SMILES string of the molecule is CCC1CC(Nc2ccc3c(c2)CCN3C(C)=O)CCO1. The van der Waals surface area contributed by atoms with Crippen molar-refractivity contribution in [2.24, 2.45) is 0 Å². The zero-order valence-electron chi connectivity index (χ0n) is 12.9. The van der Waals surface area contributed by atoms with Gasteiger partial charge in [-0.2, -0.15) is 0 Å². The Morgan fingerprint density at radius 3 is 3.10 bits per heavy atom. The number of benzene rings is 1. The summed E-state index contributed by atoms with van der Waals surface area (Å²) >= 11 is 0. The molecule has 2 aliphatic heterocycles. The number of hydrogen-bond acceptors (Lipinski definition) is 3. The molecule has 0 spiro atoms. The standard InChI is InChI=1S/C17H24N2O2/c1-3-16-11-15(7-9-21-16)18-14-4-5-17-13(10-14)6-8-19(17)12(2)20/h4-5,10,15-16,18H,3,6-9,11H2,1-2H3. The van der Waals surface area contributed by atoms with E-state index >= 15 is 0 Å². The summed E-state index contributed by atoms with van der Waals surface area (Å²) in [6.07, 6.45) is 4.56. The molecule has 1 aromatic rings. The number of fused-ring (bicyclic) bond motifs is 1. The van der Waals surface area contributed by atoms with Crippen molar-refractivity contribution in [3.8, 4) is 0 Å². The lowest BCUT2D eigenvalue weighted by Crippen LogP contribution is -2.33. The van der Waals surface area contributed by atoms with E-state index in [1.165, 1.54) is 11.3 Å². The first-order valence-electron chi connectivity index (χ1n) is 7.96. The number of amides is 1. The fourth-order valence-electron chi connectivity index (χ4n) is 3.35. The van der Waals surface area contributed by atoms with E-state index in [1.54, 1.807) is 6.92 Å². The summed E-state index contributed by atoms with van der Waals surface area (Å²) in [6, 6.07) is 6.86. The van der Waals surface area contributed by atoms with Crippen molar-refractivity contribution >= 4 is 17.3 Å². The van der Waals surface area contributed by atoms with Gasteiger partial charge in [0.2, 0.25) is 5.91 Å². The Kier molecular flexibility index (Phi) is 4.15. The second-order valence-corrected chi connectivity index (χ2v) is 6.03. The van der Waals surface area contributed by atoms with Crippen LogP contribution < -0.4 is 10.2 Å². The van der Waals surface area contributed by atoms with Gasteiger partial charge < -0.3 is 15.0 Å². The lowest BCUT2D eigenvalue weighted by molar-refractivity contribution is -0.116. The van der Waals surface area contributed by atoms with Crippen molar-refractivity contribution in [3.05, 3.63) is 23.8 Å². The summed E-state index contributed by atoms with van der Waals surface area (Å²) in [7, 11) is 0. The van der Waals surface area contributed by atoms with E-state index in [-0.39, 0.29) is 5.91 Å². The number of hydrogen-bond donors (Lipinski definition) is 1. The van der Waals surface area contributed by atoms with Crippen LogP contribution in [0.3, 0.4) is 0 Å². The Morgan fingerprint density at radius 2 is 2.33 bits per heavy atom. The topological polar surface area (TPSA) is 41.6 Å². The number of carbonyl (C=O) groups is 1. The van der Waals surface area contributed by atoms with Gasteiger partial charge >= 0.3 is 0 Å². The van der Waals surface area contributed by atoms with Gasteiger partial charge in [-0.05, 0) is 49.4 Å². The van der Waals surface area contributed by atoms with Crippen LogP contribution in [0.25, 0.3) is 0 Å². The summed E-state index contributed by atoms with van der Waals surface area (Å²) in [5, 5.41) is 3.64. The normalized spacial score (nSPS) is 24.8. The summed E-state index contributed by atoms with van der Waals surface area (Å²) < 4.78 is 5.73. The number of nitrogens with one attached hydrogen (secondary N) is 1. The maximum Gasteiger partial charge on any atom is 0.223 e. The zero-order chi connectivity index (χ0) is 14.8. The molecule has 2 aliphatic rings. The fraction of sp³-hybridized carbons (Fsp3) is 0.588. The Balaban J connectivity index is 1.69. The van der Waals surface area contributed by atoms with Crippen molar-refractivity contribution in [3.63, 3.8) is 0 Å². The van der Waals surface area contributed by atoms with E-state index in [1.807, 2.05) is 4.90 Å². The van der Waals surface area contributed by atoms with Gasteiger partial charge in [0.25, 0.3) is 0 Å². The smallest absolute Gasteiger partial charge is 0.223 e. The highest BCUT2D eigenvalue weighted by Gasteiger charge is 2.24. The van der Waals surface area contributed by atoms with E-state index < -0.39 is 0 Å². The van der Waals surface area contributed by atoms with E-state index in [9.17, 15) is 4.79 Å². The summed E-state index contributed by atoms with van der Waals surface area (Å²) in [6.45, 7) is 5.47. The van der Waals surface area contributed by atoms with Crippen molar-refractivity contribution < 1.29 is 9.53 Å². The van der Waals surface area contributed by atoms with Crippen LogP contribution in [0.5, 0.6) is 0 Å². The van der Waals surface area contributed by atoms with Crippen molar-refractivity contribution in [2.75, 3.05) is 23.4 Å². The zero-order valence-corrected chi connectivity index (χ0v) is 12.9. The molecule has 0 bridgehead atoms. The van der Waals surface area contributed by atoms with Crippen LogP contribution in [-0.4, -0.2) is 31.2 Å². The third-order valence-electron chi connectivity index (χ3n) is 4.55. The van der Waals surface area contributed by atoms with Crippen LogP contribution in [0, 0.1) is 0 Å². The average Bonchev–Trinajstić information content (AvgIpc) is 2.90. The van der Waals surface area contributed by atoms with Crippen LogP contribution in [0.15, 0.2) is 18.2 Å². The van der Waals surface area contributed by atoms with E-state index in [2.05, 4.69) is 30.4 Å². The highest BCUT2D eigenvalue weighted by atomic mass is 16.5. The predicted molar refractivity (Wildman–Crippen MR) is 84.8 cm³/mol. The van der Waals surface area contributed by atoms with Gasteiger partial charge in [-0.3, -0.25) is 4.79 Å². The molecule has 2 atom stereocenters. The number of anilines is 2. The molecule has 3 rings (SSSR count). The van der Waals surface area contributed by atoms with Crippen LogP contribution >= 0.6 is 0 Å². The summed E-state index contributed by atoms with van der Waals surface area (Å²) in [4.78, 5) is 13.4. The van der Waals surface area contributed by atoms with E-state index in [4.69, 9.17) is 4.74 Å². The number of carbonyl (C=O) groups excluding carboxylic acids is 1. The maximum absolute atomic E-state index is 11.6. The van der Waals surface area contributed by atoms with Gasteiger partial charge in [-0.1, -0.05) is 6.92 Å². The van der Waals surface area contributed by atoms with Gasteiger partial charge in [0.15, 0.2) is 0 Å². The number of rotatable bonds is 3. The molecule has 0 aromatic heterocycles. The minimum absolute atomic E-state index is 0.129. The molecule has 2 heterocycles. The van der Waals surface area contributed by atoms with Crippen molar-refractivity contribution in [1.29, 1.82) is 0 Å². The van der Waals surface area contributed by atoms with Gasteiger partial charge in [-0.15, -0.1) is 0 Å². The molecule has 114 valence electrons. The van der Waals surface area contributed by atoms with Crippen molar-refractivity contribution in [2.45, 2.75) is 51.7 Å². The fourth-order valence-corrected chi connectivity index (χ4v) is 3.35. The Hall–Kier alpha value is -1.55. The molecule has 1 saturated heterocycles. The van der Waals surface area contributed by atoms with Crippen LogP contribution in [0.4, 0.5) is 11.4 Å². The third-order valence-corrected chi connectivity index (χ3v) is 4.55. The maximum atomic E-state index is 11.6. The largest absolute Gasteiger partial charge is 0.382 e. The Bertz CT molecular complexity index is 530. The molecule has 1 fully saturated rings. The molecule has 0 radical (unpaired) electrons. The summed E-state index contributed by atoms with van der Waals surface area (Å²) in [5.41, 5.74) is 3.52. The molecule has 4 nitrogen and oxygen atoms in total. The minimum atomic E-state index is 0.129. The first-order chi connectivity index (χ1) is 10.2. The van der Waals surface area contributed by atoms with Crippen LogP contribution in [-0.2, 0) is 16.0 Å². The highest BCUT2D eigenvalue weighted by Crippen LogP contribution is 2.31. The molecule has 1 amide bonds. The molecular weight excluding hydrogens is 264 g/mol. The molecule has 4 heteroatoms. The van der Waals surface area contributed by atoms with Crippen LogP contribution in [0.2, 0.25) is 0 Å². The molecule has 2 unspecified atom stereocenters. The predicted octanol–water partition coefficient (Wildman–Crippen LogP) is 2.97. The molecule has 1 aromatic carbocycles. The van der Waals surface area contributed by atoms with Gasteiger partial charge in [0, 0.05) is 37.5 Å². The Labute approximate surface area is 126 Å². The van der Waals surface area contributed by atoms with Crippen LogP contribution in [0.1, 0.15) is 38.7 Å². The molecule has 1 N–H and O–H groups in total. The monoisotopic (exact) mass is 288 g/mol. The highest BCUT2D eigenvalue weighted by molar-refractivity contribution is 5.94. The van der Waals surface area contributed by atoms with E-state index in [0.717, 1.165) is 44.5 Å². The lowest BCUT2D eigenvalue weighted by atomic mass is 10.0. The first-order valence-corrected chi connectivity index (χ1v) is 7.96. The minimum Gasteiger partial charge on any atom is -0.382 e. The molecule has 0 saturated carbocycles. The van der Waals surface area contributed by atoms with Crippen molar-refractivity contribution in [1.82, 2.24) is 0 Å². The second-order valence-electron chi connectivity index (χ2n) is 6.03. The quantitative estimate of drug-likeness (QED) is 0.929. The molecule has 0 aliphatic carbocycles. The lowest BCUT2D eigenvalue weighted by Gasteiger charge is -2.30. The number of nitrogens with zero attached hydrogens (tertiary/aromatic N) is 1. The van der Waals surface area contributed by atoms with Gasteiger partial charge in [0.1, 0.15) is 0 Å².